The van der Waals surface area contributed by atoms with Crippen LogP contribution >= 0.6 is 0 Å². The summed E-state index contributed by atoms with van der Waals surface area (Å²) < 4.78 is 11.0. The van der Waals surface area contributed by atoms with Gasteiger partial charge in [0.1, 0.15) is 11.9 Å². The lowest BCUT2D eigenvalue weighted by molar-refractivity contribution is 0.0688. The summed E-state index contributed by atoms with van der Waals surface area (Å²) in [5.74, 6) is 1.60. The molecule has 0 fully saturated rings. The van der Waals surface area contributed by atoms with Gasteiger partial charge in [0, 0.05) is 25.6 Å². The van der Waals surface area contributed by atoms with Gasteiger partial charge in [-0.3, -0.25) is 0 Å². The van der Waals surface area contributed by atoms with E-state index in [0.29, 0.717) is 13.2 Å². The minimum absolute atomic E-state index is 0.0692. The molecule has 0 spiro atoms. The maximum absolute atomic E-state index is 5.53. The van der Waals surface area contributed by atoms with Crippen LogP contribution in [0.5, 0.6) is 0 Å². The number of fused-ring (bicyclic) bond motifs is 1. The third kappa shape index (κ3) is 2.56. The van der Waals surface area contributed by atoms with Crippen LogP contribution in [0.3, 0.4) is 0 Å². The molecule has 2 heterocycles. The minimum atomic E-state index is -0.0692. The standard InChI is InChI=1S/C12H19N3O2/c1-4-17-8(2)11-14-10-5-6-16-7-9(10)12(13-3)15-11/h8H,4-7H2,1-3H3,(H,13,14,15). The van der Waals surface area contributed by atoms with Crippen molar-refractivity contribution in [1.82, 2.24) is 9.97 Å². The van der Waals surface area contributed by atoms with Crippen LogP contribution in [0.4, 0.5) is 5.82 Å². The van der Waals surface area contributed by atoms with Gasteiger partial charge in [-0.2, -0.15) is 0 Å². The summed E-state index contributed by atoms with van der Waals surface area (Å²) in [5.41, 5.74) is 2.16. The molecule has 1 unspecified atom stereocenters. The second kappa shape index (κ2) is 5.42. The Morgan fingerprint density at radius 3 is 3.00 bits per heavy atom. The summed E-state index contributed by atoms with van der Waals surface area (Å²) in [5, 5.41) is 3.11. The molecule has 1 aromatic heterocycles. The zero-order chi connectivity index (χ0) is 12.3. The third-order valence-corrected chi connectivity index (χ3v) is 2.86. The predicted octanol–water partition coefficient (Wildman–Crippen LogP) is 1.69. The average Bonchev–Trinajstić information content (AvgIpc) is 2.37. The van der Waals surface area contributed by atoms with E-state index in [1.807, 2.05) is 20.9 Å². The number of hydrogen-bond acceptors (Lipinski definition) is 5. The molecule has 94 valence electrons. The second-order valence-electron chi connectivity index (χ2n) is 4.01. The molecular weight excluding hydrogens is 218 g/mol. The van der Waals surface area contributed by atoms with Crippen LogP contribution in [0.25, 0.3) is 0 Å². The van der Waals surface area contributed by atoms with Crippen LogP contribution in [-0.2, 0) is 22.5 Å². The number of anilines is 1. The first-order valence-electron chi connectivity index (χ1n) is 6.03. The van der Waals surface area contributed by atoms with E-state index >= 15 is 0 Å². The van der Waals surface area contributed by atoms with E-state index in [4.69, 9.17) is 9.47 Å². The van der Waals surface area contributed by atoms with Crippen molar-refractivity contribution in [3.8, 4) is 0 Å². The molecular formula is C12H19N3O2. The van der Waals surface area contributed by atoms with Crippen LogP contribution in [0.15, 0.2) is 0 Å². The van der Waals surface area contributed by atoms with Crippen LogP contribution in [0.1, 0.15) is 37.0 Å². The fraction of sp³-hybridized carbons (Fsp3) is 0.667. The number of ether oxygens (including phenoxy) is 2. The number of nitrogens with zero attached hydrogens (tertiary/aromatic N) is 2. The molecule has 1 aliphatic rings. The average molecular weight is 237 g/mol. The summed E-state index contributed by atoms with van der Waals surface area (Å²) >= 11 is 0. The molecule has 1 N–H and O–H groups in total. The van der Waals surface area contributed by atoms with E-state index in [9.17, 15) is 0 Å². The molecule has 0 aliphatic carbocycles. The van der Waals surface area contributed by atoms with E-state index < -0.39 is 0 Å². The Labute approximate surface area is 102 Å². The number of rotatable bonds is 4. The van der Waals surface area contributed by atoms with Gasteiger partial charge in [-0.15, -0.1) is 0 Å². The molecule has 0 bridgehead atoms. The highest BCUT2D eigenvalue weighted by Gasteiger charge is 2.19. The third-order valence-electron chi connectivity index (χ3n) is 2.86. The van der Waals surface area contributed by atoms with Crippen molar-refractivity contribution in [2.45, 2.75) is 33.0 Å². The Morgan fingerprint density at radius 1 is 1.47 bits per heavy atom. The van der Waals surface area contributed by atoms with Crippen molar-refractivity contribution < 1.29 is 9.47 Å². The first kappa shape index (κ1) is 12.3. The largest absolute Gasteiger partial charge is 0.376 e. The first-order valence-corrected chi connectivity index (χ1v) is 6.03. The number of hydrogen-bond donors (Lipinski definition) is 1. The molecule has 0 aromatic carbocycles. The van der Waals surface area contributed by atoms with E-state index in [2.05, 4.69) is 15.3 Å². The Bertz CT molecular complexity index is 378. The molecule has 1 atom stereocenters. The number of aromatic nitrogens is 2. The fourth-order valence-electron chi connectivity index (χ4n) is 1.96. The van der Waals surface area contributed by atoms with Crippen molar-refractivity contribution >= 4 is 5.82 Å². The highest BCUT2D eigenvalue weighted by atomic mass is 16.5. The maximum atomic E-state index is 5.53. The quantitative estimate of drug-likeness (QED) is 0.863. The second-order valence-corrected chi connectivity index (χ2v) is 4.01. The lowest BCUT2D eigenvalue weighted by Crippen LogP contribution is -2.18. The lowest BCUT2D eigenvalue weighted by Gasteiger charge is -2.20. The molecule has 5 heteroatoms. The molecule has 1 aliphatic heterocycles. The first-order chi connectivity index (χ1) is 8.26. The molecule has 17 heavy (non-hydrogen) atoms. The van der Waals surface area contributed by atoms with Gasteiger partial charge in [0.2, 0.25) is 0 Å². The van der Waals surface area contributed by atoms with Crippen LogP contribution in [0.2, 0.25) is 0 Å². The van der Waals surface area contributed by atoms with E-state index in [1.165, 1.54) is 0 Å². The Balaban J connectivity index is 2.35. The summed E-state index contributed by atoms with van der Waals surface area (Å²) in [6, 6.07) is 0. The summed E-state index contributed by atoms with van der Waals surface area (Å²) in [4.78, 5) is 9.08. The van der Waals surface area contributed by atoms with Gasteiger partial charge in [0.05, 0.1) is 18.9 Å². The normalized spacial score (nSPS) is 16.4. The van der Waals surface area contributed by atoms with Crippen LogP contribution in [-0.4, -0.2) is 30.2 Å². The van der Waals surface area contributed by atoms with Crippen LogP contribution < -0.4 is 5.32 Å². The van der Waals surface area contributed by atoms with E-state index in [1.54, 1.807) is 0 Å². The summed E-state index contributed by atoms with van der Waals surface area (Å²) in [7, 11) is 1.87. The fourth-order valence-corrected chi connectivity index (χ4v) is 1.96. The Kier molecular flexibility index (Phi) is 3.91. The monoisotopic (exact) mass is 237 g/mol. The highest BCUT2D eigenvalue weighted by Crippen LogP contribution is 2.24. The van der Waals surface area contributed by atoms with Gasteiger partial charge in [0.25, 0.3) is 0 Å². The lowest BCUT2D eigenvalue weighted by atomic mass is 10.1. The minimum Gasteiger partial charge on any atom is -0.376 e. The van der Waals surface area contributed by atoms with Crippen molar-refractivity contribution in [2.24, 2.45) is 0 Å². The molecule has 0 radical (unpaired) electrons. The SMILES string of the molecule is CCOC(C)c1nc2c(c(NC)n1)COCC2. The van der Waals surface area contributed by atoms with Crippen LogP contribution in [0, 0.1) is 0 Å². The summed E-state index contributed by atoms with van der Waals surface area (Å²) in [6.45, 7) is 5.94. The molecule has 0 amide bonds. The summed E-state index contributed by atoms with van der Waals surface area (Å²) in [6.07, 6.45) is 0.776. The van der Waals surface area contributed by atoms with Gasteiger partial charge < -0.3 is 14.8 Å². The molecule has 5 nitrogen and oxygen atoms in total. The van der Waals surface area contributed by atoms with E-state index in [-0.39, 0.29) is 6.10 Å². The van der Waals surface area contributed by atoms with Gasteiger partial charge in [-0.25, -0.2) is 9.97 Å². The van der Waals surface area contributed by atoms with Crippen molar-refractivity contribution in [1.29, 1.82) is 0 Å². The maximum Gasteiger partial charge on any atom is 0.159 e. The van der Waals surface area contributed by atoms with Gasteiger partial charge in [0.15, 0.2) is 5.82 Å². The zero-order valence-corrected chi connectivity index (χ0v) is 10.6. The van der Waals surface area contributed by atoms with E-state index in [0.717, 1.165) is 35.9 Å². The van der Waals surface area contributed by atoms with Crippen molar-refractivity contribution in [3.05, 3.63) is 17.1 Å². The predicted molar refractivity (Wildman–Crippen MR) is 65.0 cm³/mol. The van der Waals surface area contributed by atoms with Crippen molar-refractivity contribution in [2.75, 3.05) is 25.6 Å². The topological polar surface area (TPSA) is 56.3 Å². The van der Waals surface area contributed by atoms with Gasteiger partial charge >= 0.3 is 0 Å². The molecule has 1 aromatic rings. The molecule has 2 rings (SSSR count). The number of nitrogens with one attached hydrogen (secondary N) is 1. The molecule has 0 saturated carbocycles. The smallest absolute Gasteiger partial charge is 0.159 e. The zero-order valence-electron chi connectivity index (χ0n) is 10.6. The van der Waals surface area contributed by atoms with Gasteiger partial charge in [-0.05, 0) is 13.8 Å². The highest BCUT2D eigenvalue weighted by molar-refractivity contribution is 5.46. The Hall–Kier alpha value is -1.20. The van der Waals surface area contributed by atoms with Gasteiger partial charge in [-0.1, -0.05) is 0 Å². The molecule has 0 saturated heterocycles. The Morgan fingerprint density at radius 2 is 2.29 bits per heavy atom. The van der Waals surface area contributed by atoms with Crippen molar-refractivity contribution in [3.63, 3.8) is 0 Å².